The van der Waals surface area contributed by atoms with Crippen molar-refractivity contribution in [3.8, 4) is 0 Å². The highest BCUT2D eigenvalue weighted by molar-refractivity contribution is 4.41. The second-order valence-corrected chi connectivity index (χ2v) is 1.31. The second-order valence-electron chi connectivity index (χ2n) is 1.31. The zero-order chi connectivity index (χ0) is 5.11. The molecule has 0 bridgehead atoms. The lowest BCUT2D eigenvalue weighted by molar-refractivity contribution is -0.677. The highest BCUT2D eigenvalue weighted by Gasteiger charge is 1.80. The van der Waals surface area contributed by atoms with Gasteiger partial charge in [-0.3, -0.25) is 0 Å². The molecule has 3 nitrogen and oxygen atoms in total. The van der Waals surface area contributed by atoms with Crippen LogP contribution in [0.25, 0.3) is 0 Å². The molecule has 0 atom stereocenters. The Labute approximate surface area is 58.2 Å². The topological polar surface area (TPSA) is 29.7 Å². The van der Waals surface area contributed by atoms with Gasteiger partial charge in [0.15, 0.2) is 0 Å². The average Bonchev–Trinajstić information content (AvgIpc) is 1.69. The highest BCUT2D eigenvalue weighted by atomic mass is 79.9. The molecule has 1 aromatic rings. The van der Waals surface area contributed by atoms with Crippen LogP contribution in [0.3, 0.4) is 0 Å². The van der Waals surface area contributed by atoms with Crippen molar-refractivity contribution in [2.45, 2.75) is 0 Å². The van der Waals surface area contributed by atoms with Gasteiger partial charge < -0.3 is 17.0 Å². The first-order valence-electron chi connectivity index (χ1n) is 2.00. The normalized spacial score (nSPS) is 7.62. The number of rotatable bonds is 0. The summed E-state index contributed by atoms with van der Waals surface area (Å²) >= 11 is 0. The number of hydrogen-bond donors (Lipinski definition) is 0. The first-order chi connectivity index (χ1) is 3.39. The van der Waals surface area contributed by atoms with Crippen molar-refractivity contribution in [2.24, 2.45) is 7.05 Å². The van der Waals surface area contributed by atoms with Gasteiger partial charge in [0.2, 0.25) is 12.7 Å². The number of aromatic nitrogens is 3. The highest BCUT2D eigenvalue weighted by Crippen LogP contribution is 1.55. The summed E-state index contributed by atoms with van der Waals surface area (Å²) < 4.78 is 1.78. The zero-order valence-electron chi connectivity index (χ0n) is 4.45. The minimum atomic E-state index is 0. The summed E-state index contributed by atoms with van der Waals surface area (Å²) in [5, 5.41) is 0. The SMILES string of the molecule is C[n+]1cncnc1.[Br-]. The lowest BCUT2D eigenvalue weighted by atomic mass is 11.0. The number of nitrogens with zero attached hydrogens (tertiary/aromatic N) is 3. The molecule has 0 aliphatic rings. The Morgan fingerprint density at radius 1 is 1.25 bits per heavy atom. The first-order valence-corrected chi connectivity index (χ1v) is 2.00. The van der Waals surface area contributed by atoms with Crippen molar-refractivity contribution in [3.05, 3.63) is 19.0 Å². The molecule has 0 N–H and O–H groups in total. The lowest BCUT2D eigenvalue weighted by Gasteiger charge is -1.77. The van der Waals surface area contributed by atoms with Crippen LogP contribution in [0.1, 0.15) is 0 Å². The largest absolute Gasteiger partial charge is 1.00 e. The number of halogens is 1. The molecule has 0 fully saturated rings. The van der Waals surface area contributed by atoms with Gasteiger partial charge >= 0.3 is 0 Å². The van der Waals surface area contributed by atoms with Gasteiger partial charge in [0.1, 0.15) is 0 Å². The van der Waals surface area contributed by atoms with Gasteiger partial charge in [-0.2, -0.15) is 0 Å². The van der Waals surface area contributed by atoms with Gasteiger partial charge in [-0.1, -0.05) is 9.97 Å². The lowest BCUT2D eigenvalue weighted by Crippen LogP contribution is -3.00. The molecule has 0 amide bonds. The number of aryl methyl sites for hydroxylation is 1. The van der Waals surface area contributed by atoms with Crippen LogP contribution < -0.4 is 21.5 Å². The van der Waals surface area contributed by atoms with Crippen LogP contribution in [0, 0.1) is 0 Å². The fraction of sp³-hybridized carbons (Fsp3) is 0.250. The van der Waals surface area contributed by atoms with E-state index in [2.05, 4.69) is 9.97 Å². The van der Waals surface area contributed by atoms with Crippen LogP contribution in [-0.2, 0) is 7.05 Å². The van der Waals surface area contributed by atoms with Crippen molar-refractivity contribution < 1.29 is 21.5 Å². The Morgan fingerprint density at radius 3 is 2.00 bits per heavy atom. The summed E-state index contributed by atoms with van der Waals surface area (Å²) in [5.74, 6) is 0. The molecular formula is C4H6BrN3. The van der Waals surface area contributed by atoms with Crippen LogP contribution in [0.4, 0.5) is 0 Å². The predicted molar refractivity (Wildman–Crippen MR) is 23.2 cm³/mol. The number of hydrogen-bond acceptors (Lipinski definition) is 2. The van der Waals surface area contributed by atoms with Crippen molar-refractivity contribution >= 4 is 0 Å². The Bertz CT molecular complexity index is 141. The predicted octanol–water partition coefficient (Wildman–Crippen LogP) is -3.69. The van der Waals surface area contributed by atoms with Gasteiger partial charge in [-0.15, -0.1) is 0 Å². The van der Waals surface area contributed by atoms with E-state index in [9.17, 15) is 0 Å². The molecule has 8 heavy (non-hydrogen) atoms. The molecule has 0 saturated heterocycles. The van der Waals surface area contributed by atoms with Crippen LogP contribution in [0.2, 0.25) is 0 Å². The molecule has 4 heteroatoms. The monoisotopic (exact) mass is 175 g/mol. The van der Waals surface area contributed by atoms with E-state index in [-0.39, 0.29) is 17.0 Å². The quantitative estimate of drug-likeness (QED) is 0.381. The standard InChI is InChI=1S/C4H6N3.BrH/c1-7-3-5-2-6-4-7;/h2-4H,1H3;1H/q+1;/p-1. The van der Waals surface area contributed by atoms with Crippen LogP contribution in [0.5, 0.6) is 0 Å². The maximum absolute atomic E-state index is 3.74. The Hall–Kier alpha value is -0.510. The van der Waals surface area contributed by atoms with Gasteiger partial charge in [-0.05, 0) is 0 Å². The average molecular weight is 176 g/mol. The second kappa shape index (κ2) is 3.49. The molecule has 44 valence electrons. The first kappa shape index (κ1) is 7.49. The summed E-state index contributed by atoms with van der Waals surface area (Å²) in [4.78, 5) is 7.47. The summed E-state index contributed by atoms with van der Waals surface area (Å²) in [6, 6.07) is 0. The van der Waals surface area contributed by atoms with Crippen molar-refractivity contribution in [1.29, 1.82) is 0 Å². The Kier molecular flexibility index (Phi) is 3.26. The van der Waals surface area contributed by atoms with E-state index in [0.717, 1.165) is 0 Å². The maximum atomic E-state index is 3.74. The fourth-order valence-corrected chi connectivity index (χ4v) is 0.338. The summed E-state index contributed by atoms with van der Waals surface area (Å²) in [7, 11) is 1.88. The minimum Gasteiger partial charge on any atom is -1.00 e. The zero-order valence-corrected chi connectivity index (χ0v) is 6.04. The molecule has 0 spiro atoms. The van der Waals surface area contributed by atoms with Crippen molar-refractivity contribution in [3.63, 3.8) is 0 Å². The van der Waals surface area contributed by atoms with Gasteiger partial charge in [0, 0.05) is 0 Å². The van der Waals surface area contributed by atoms with E-state index in [0.29, 0.717) is 0 Å². The molecule has 0 unspecified atom stereocenters. The Morgan fingerprint density at radius 2 is 1.75 bits per heavy atom. The van der Waals surface area contributed by atoms with Gasteiger partial charge in [0.05, 0.1) is 7.05 Å². The van der Waals surface area contributed by atoms with Gasteiger partial charge in [0.25, 0.3) is 6.33 Å². The third kappa shape index (κ3) is 1.97. The molecule has 0 saturated carbocycles. The molecule has 0 aliphatic carbocycles. The molecular weight excluding hydrogens is 170 g/mol. The summed E-state index contributed by atoms with van der Waals surface area (Å²) in [5.41, 5.74) is 0. The molecule has 0 aliphatic heterocycles. The minimum absolute atomic E-state index is 0. The van der Waals surface area contributed by atoms with E-state index in [1.165, 1.54) is 6.33 Å². The Balaban J connectivity index is 0.000000490. The maximum Gasteiger partial charge on any atom is 0.263 e. The molecule has 1 aromatic heterocycles. The van der Waals surface area contributed by atoms with Crippen LogP contribution >= 0.6 is 0 Å². The third-order valence-electron chi connectivity index (χ3n) is 0.631. The third-order valence-corrected chi connectivity index (χ3v) is 0.631. The smallest absolute Gasteiger partial charge is 0.263 e. The molecule has 0 aromatic carbocycles. The van der Waals surface area contributed by atoms with E-state index < -0.39 is 0 Å². The van der Waals surface area contributed by atoms with E-state index >= 15 is 0 Å². The van der Waals surface area contributed by atoms with Crippen LogP contribution in [0.15, 0.2) is 19.0 Å². The van der Waals surface area contributed by atoms with Gasteiger partial charge in [-0.25, -0.2) is 4.57 Å². The van der Waals surface area contributed by atoms with Crippen LogP contribution in [-0.4, -0.2) is 9.97 Å². The van der Waals surface area contributed by atoms with E-state index in [1.54, 1.807) is 17.2 Å². The van der Waals surface area contributed by atoms with E-state index in [1.807, 2.05) is 7.05 Å². The fourth-order valence-electron chi connectivity index (χ4n) is 0.338. The summed E-state index contributed by atoms with van der Waals surface area (Å²) in [6.07, 6.45) is 4.88. The van der Waals surface area contributed by atoms with Crippen molar-refractivity contribution in [2.75, 3.05) is 0 Å². The summed E-state index contributed by atoms with van der Waals surface area (Å²) in [6.45, 7) is 0. The molecule has 1 heterocycles. The van der Waals surface area contributed by atoms with Crippen molar-refractivity contribution in [1.82, 2.24) is 9.97 Å². The molecule has 0 radical (unpaired) electrons. The van der Waals surface area contributed by atoms with E-state index in [4.69, 9.17) is 0 Å². The molecule has 1 rings (SSSR count).